The van der Waals surface area contributed by atoms with E-state index in [4.69, 9.17) is 16.3 Å². The lowest BCUT2D eigenvalue weighted by Crippen LogP contribution is -2.38. The van der Waals surface area contributed by atoms with Crippen LogP contribution in [0.15, 0.2) is 55.1 Å². The van der Waals surface area contributed by atoms with Gasteiger partial charge in [0.15, 0.2) is 0 Å². The molecule has 0 aliphatic heterocycles. The minimum atomic E-state index is -3.85. The first-order valence-corrected chi connectivity index (χ1v) is 11.0. The van der Waals surface area contributed by atoms with Gasteiger partial charge < -0.3 is 15.4 Å². The van der Waals surface area contributed by atoms with Crippen LogP contribution in [-0.2, 0) is 14.8 Å². The number of hydrogen-bond acceptors (Lipinski definition) is 5. The Hall–Kier alpha value is -3.04. The molecule has 2 amide bonds. The number of methoxy groups -OCH3 is 1. The summed E-state index contributed by atoms with van der Waals surface area (Å²) in [7, 11) is -2.47. The number of carbonyl (C=O) groups excluding carboxylic acids is 2. The quantitative estimate of drug-likeness (QED) is 0.570. The van der Waals surface area contributed by atoms with Gasteiger partial charge in [0.2, 0.25) is 15.9 Å². The van der Waals surface area contributed by atoms with E-state index in [1.54, 1.807) is 30.3 Å². The number of halogens is 1. The molecule has 2 aromatic rings. The number of benzene rings is 2. The fourth-order valence-corrected chi connectivity index (χ4v) is 3.63. The van der Waals surface area contributed by atoms with Gasteiger partial charge in [0.1, 0.15) is 12.3 Å². The highest BCUT2D eigenvalue weighted by Crippen LogP contribution is 2.32. The Balaban J connectivity index is 2.31. The van der Waals surface area contributed by atoms with Crippen molar-refractivity contribution in [2.75, 3.05) is 36.1 Å². The lowest BCUT2D eigenvalue weighted by atomic mass is 10.1. The largest absolute Gasteiger partial charge is 0.495 e. The molecule has 0 aliphatic carbocycles. The van der Waals surface area contributed by atoms with Crippen LogP contribution in [-0.4, -0.2) is 46.7 Å². The number of amides is 2. The molecule has 8 nitrogen and oxygen atoms in total. The monoisotopic (exact) mass is 451 g/mol. The van der Waals surface area contributed by atoms with Crippen LogP contribution < -0.4 is 19.7 Å². The van der Waals surface area contributed by atoms with Gasteiger partial charge in [-0.3, -0.25) is 13.9 Å². The molecule has 0 saturated heterocycles. The van der Waals surface area contributed by atoms with E-state index in [-0.39, 0.29) is 34.3 Å². The SMILES string of the molecule is C=CCNC(=O)c1ccccc1NC(=O)CN(c1cc(Cl)ccc1OC)S(C)(=O)=O. The number of ether oxygens (including phenoxy) is 1. The van der Waals surface area contributed by atoms with Gasteiger partial charge in [-0.2, -0.15) is 0 Å². The van der Waals surface area contributed by atoms with E-state index in [0.717, 1.165) is 10.6 Å². The zero-order valence-corrected chi connectivity index (χ0v) is 18.1. The summed E-state index contributed by atoms with van der Waals surface area (Å²) in [5.74, 6) is -0.810. The number of sulfonamides is 1. The van der Waals surface area contributed by atoms with E-state index in [0.29, 0.717) is 0 Å². The Morgan fingerprint density at radius 1 is 1.23 bits per heavy atom. The summed E-state index contributed by atoms with van der Waals surface area (Å²) in [4.78, 5) is 25.0. The molecule has 0 bridgehead atoms. The summed E-state index contributed by atoms with van der Waals surface area (Å²) in [5.41, 5.74) is 0.606. The molecule has 0 spiro atoms. The second kappa shape index (κ2) is 10.1. The van der Waals surface area contributed by atoms with Crippen molar-refractivity contribution in [1.82, 2.24) is 5.32 Å². The van der Waals surface area contributed by atoms with Crippen LogP contribution in [0.3, 0.4) is 0 Å². The third kappa shape index (κ3) is 5.98. The normalized spacial score (nSPS) is 10.8. The van der Waals surface area contributed by atoms with Gasteiger partial charge in [-0.25, -0.2) is 8.42 Å². The van der Waals surface area contributed by atoms with E-state index in [1.165, 1.54) is 25.3 Å². The van der Waals surface area contributed by atoms with Crippen LogP contribution in [0.25, 0.3) is 0 Å². The van der Waals surface area contributed by atoms with Crippen molar-refractivity contribution in [1.29, 1.82) is 0 Å². The Kier molecular flexibility index (Phi) is 7.85. The zero-order chi connectivity index (χ0) is 22.3. The molecular weight excluding hydrogens is 430 g/mol. The van der Waals surface area contributed by atoms with E-state index in [1.807, 2.05) is 0 Å². The first kappa shape index (κ1) is 23.2. The maximum absolute atomic E-state index is 12.7. The number of para-hydroxylation sites is 1. The molecular formula is C20H22ClN3O5S. The molecule has 2 N–H and O–H groups in total. The van der Waals surface area contributed by atoms with Crippen LogP contribution in [0.1, 0.15) is 10.4 Å². The van der Waals surface area contributed by atoms with Crippen LogP contribution >= 0.6 is 11.6 Å². The fourth-order valence-electron chi connectivity index (χ4n) is 2.61. The van der Waals surface area contributed by atoms with Crippen molar-refractivity contribution in [2.45, 2.75) is 0 Å². The van der Waals surface area contributed by atoms with E-state index in [2.05, 4.69) is 17.2 Å². The van der Waals surface area contributed by atoms with Crippen LogP contribution in [0.2, 0.25) is 5.02 Å². The topological polar surface area (TPSA) is 105 Å². The Morgan fingerprint density at radius 3 is 2.57 bits per heavy atom. The van der Waals surface area contributed by atoms with E-state index in [9.17, 15) is 18.0 Å². The van der Waals surface area contributed by atoms with Crippen molar-refractivity contribution in [3.63, 3.8) is 0 Å². The molecule has 30 heavy (non-hydrogen) atoms. The number of anilines is 2. The maximum Gasteiger partial charge on any atom is 0.253 e. The second-order valence-electron chi connectivity index (χ2n) is 6.18. The molecule has 0 aliphatic rings. The summed E-state index contributed by atoms with van der Waals surface area (Å²) >= 11 is 6.00. The van der Waals surface area contributed by atoms with Crippen LogP contribution in [0.5, 0.6) is 5.75 Å². The van der Waals surface area contributed by atoms with E-state index < -0.39 is 28.4 Å². The van der Waals surface area contributed by atoms with Crippen molar-refractivity contribution < 1.29 is 22.7 Å². The molecule has 2 aromatic carbocycles. The molecule has 0 fully saturated rings. The molecule has 0 atom stereocenters. The van der Waals surface area contributed by atoms with Crippen molar-refractivity contribution >= 4 is 44.8 Å². The van der Waals surface area contributed by atoms with Gasteiger partial charge in [-0.05, 0) is 30.3 Å². The number of nitrogens with zero attached hydrogens (tertiary/aromatic N) is 1. The van der Waals surface area contributed by atoms with Gasteiger partial charge in [-0.1, -0.05) is 29.8 Å². The highest BCUT2D eigenvalue weighted by molar-refractivity contribution is 7.92. The lowest BCUT2D eigenvalue weighted by Gasteiger charge is -2.24. The average Bonchev–Trinajstić information content (AvgIpc) is 2.69. The third-order valence-corrected chi connectivity index (χ3v) is 5.31. The van der Waals surface area contributed by atoms with Crippen LogP contribution in [0, 0.1) is 0 Å². The average molecular weight is 452 g/mol. The fraction of sp³-hybridized carbons (Fsp3) is 0.200. The molecule has 2 rings (SSSR count). The van der Waals surface area contributed by atoms with Crippen molar-refractivity contribution in [2.24, 2.45) is 0 Å². The molecule has 160 valence electrons. The Labute approximate surface area is 180 Å². The Morgan fingerprint density at radius 2 is 1.93 bits per heavy atom. The maximum atomic E-state index is 12.7. The van der Waals surface area contributed by atoms with Crippen molar-refractivity contribution in [3.8, 4) is 5.75 Å². The van der Waals surface area contributed by atoms with Gasteiger partial charge >= 0.3 is 0 Å². The molecule has 0 aromatic heterocycles. The number of rotatable bonds is 9. The van der Waals surface area contributed by atoms with Gasteiger partial charge in [-0.15, -0.1) is 6.58 Å². The Bertz CT molecular complexity index is 1060. The highest BCUT2D eigenvalue weighted by atomic mass is 35.5. The zero-order valence-electron chi connectivity index (χ0n) is 16.5. The summed E-state index contributed by atoms with van der Waals surface area (Å²) in [5, 5.41) is 5.50. The smallest absolute Gasteiger partial charge is 0.253 e. The minimum absolute atomic E-state index is 0.125. The number of hydrogen-bond donors (Lipinski definition) is 2. The number of carbonyl (C=O) groups is 2. The summed E-state index contributed by atoms with van der Waals surface area (Å²) in [6.07, 6.45) is 2.50. The van der Waals surface area contributed by atoms with Gasteiger partial charge in [0, 0.05) is 11.6 Å². The van der Waals surface area contributed by atoms with Crippen LogP contribution in [0.4, 0.5) is 11.4 Å². The predicted molar refractivity (Wildman–Crippen MR) is 118 cm³/mol. The third-order valence-electron chi connectivity index (χ3n) is 3.95. The molecule has 0 unspecified atom stereocenters. The van der Waals surface area contributed by atoms with Crippen molar-refractivity contribution in [3.05, 3.63) is 65.7 Å². The standard InChI is InChI=1S/C20H22ClN3O5S/c1-4-11-22-20(26)15-7-5-6-8-16(15)23-19(25)13-24(30(3,27)28)17-12-14(21)9-10-18(17)29-2/h4-10,12H,1,11,13H2,2-3H3,(H,22,26)(H,23,25). The van der Waals surface area contributed by atoms with Gasteiger partial charge in [0.25, 0.3) is 5.91 Å². The number of nitrogens with one attached hydrogen (secondary N) is 2. The molecule has 0 radical (unpaired) electrons. The predicted octanol–water partition coefficient (Wildman–Crippen LogP) is 2.67. The first-order valence-electron chi connectivity index (χ1n) is 8.76. The molecule has 0 saturated carbocycles. The second-order valence-corrected chi connectivity index (χ2v) is 8.52. The summed E-state index contributed by atoms with van der Waals surface area (Å²) < 4.78 is 30.8. The molecule has 0 heterocycles. The van der Waals surface area contributed by atoms with E-state index >= 15 is 0 Å². The summed E-state index contributed by atoms with van der Waals surface area (Å²) in [6, 6.07) is 10.8. The first-order chi connectivity index (χ1) is 14.2. The highest BCUT2D eigenvalue weighted by Gasteiger charge is 2.25. The van der Waals surface area contributed by atoms with Gasteiger partial charge in [0.05, 0.1) is 30.3 Å². The lowest BCUT2D eigenvalue weighted by molar-refractivity contribution is -0.114. The minimum Gasteiger partial charge on any atom is -0.495 e. The molecule has 10 heteroatoms. The summed E-state index contributed by atoms with van der Waals surface area (Å²) in [6.45, 7) is 3.25.